The molecule has 1 unspecified atom stereocenters. The van der Waals surface area contributed by atoms with Crippen LogP contribution in [0.5, 0.6) is 0 Å². The molecular weight excluding hydrogens is 229 g/mol. The minimum absolute atomic E-state index is 0.251. The number of halogens is 1. The maximum absolute atomic E-state index is 13.1. The highest BCUT2D eigenvalue weighted by Gasteiger charge is 2.14. The number of hydrogen-bond donors (Lipinski definition) is 2. The van der Waals surface area contributed by atoms with Gasteiger partial charge in [-0.25, -0.2) is 4.39 Å². The SMILES string of the molecule is CC(CNc1cc(F)ccc1N)CN1CCCC1. The summed E-state index contributed by atoms with van der Waals surface area (Å²) in [6.45, 7) is 6.56. The molecule has 0 aliphatic carbocycles. The van der Waals surface area contributed by atoms with E-state index in [9.17, 15) is 4.39 Å². The highest BCUT2D eigenvalue weighted by atomic mass is 19.1. The quantitative estimate of drug-likeness (QED) is 0.790. The van der Waals surface area contributed by atoms with Crippen LogP contribution in [0.2, 0.25) is 0 Å². The molecule has 1 aromatic carbocycles. The van der Waals surface area contributed by atoms with E-state index < -0.39 is 0 Å². The molecule has 0 saturated carbocycles. The Labute approximate surface area is 108 Å². The molecule has 1 atom stereocenters. The van der Waals surface area contributed by atoms with Crippen LogP contribution < -0.4 is 11.1 Å². The first-order chi connectivity index (χ1) is 8.65. The Kier molecular flexibility index (Phi) is 4.42. The van der Waals surface area contributed by atoms with Crippen molar-refractivity contribution in [3.63, 3.8) is 0 Å². The van der Waals surface area contributed by atoms with Crippen LogP contribution in [0.1, 0.15) is 19.8 Å². The summed E-state index contributed by atoms with van der Waals surface area (Å²) in [4.78, 5) is 2.49. The number of hydrogen-bond acceptors (Lipinski definition) is 3. The first-order valence-corrected chi connectivity index (χ1v) is 6.66. The minimum Gasteiger partial charge on any atom is -0.397 e. The first-order valence-electron chi connectivity index (χ1n) is 6.66. The molecule has 0 bridgehead atoms. The molecule has 2 rings (SSSR count). The predicted octanol–water partition coefficient (Wildman–Crippen LogP) is 2.55. The van der Waals surface area contributed by atoms with Gasteiger partial charge in [0.15, 0.2) is 0 Å². The van der Waals surface area contributed by atoms with Gasteiger partial charge in [0.2, 0.25) is 0 Å². The first kappa shape index (κ1) is 13.1. The Balaban J connectivity index is 1.81. The number of nitrogens with zero attached hydrogens (tertiary/aromatic N) is 1. The molecule has 0 radical (unpaired) electrons. The highest BCUT2D eigenvalue weighted by molar-refractivity contribution is 5.65. The number of benzene rings is 1. The van der Waals surface area contributed by atoms with Crippen LogP contribution in [0.3, 0.4) is 0 Å². The zero-order valence-electron chi connectivity index (χ0n) is 11.0. The van der Waals surface area contributed by atoms with Gasteiger partial charge in [0.25, 0.3) is 0 Å². The van der Waals surface area contributed by atoms with Crippen molar-refractivity contribution in [1.29, 1.82) is 0 Å². The fraction of sp³-hybridized carbons (Fsp3) is 0.571. The maximum atomic E-state index is 13.1. The molecule has 4 heteroatoms. The zero-order valence-corrected chi connectivity index (χ0v) is 11.0. The molecule has 1 saturated heterocycles. The summed E-state index contributed by atoms with van der Waals surface area (Å²) >= 11 is 0. The number of nitrogens with two attached hydrogens (primary N) is 1. The van der Waals surface area contributed by atoms with Crippen LogP contribution >= 0.6 is 0 Å². The lowest BCUT2D eigenvalue weighted by molar-refractivity contribution is 0.294. The molecule has 0 amide bonds. The van der Waals surface area contributed by atoms with Crippen molar-refractivity contribution in [3.8, 4) is 0 Å². The van der Waals surface area contributed by atoms with Gasteiger partial charge in [-0.05, 0) is 50.0 Å². The number of likely N-dealkylation sites (tertiary alicyclic amines) is 1. The van der Waals surface area contributed by atoms with Gasteiger partial charge >= 0.3 is 0 Å². The van der Waals surface area contributed by atoms with E-state index in [1.165, 1.54) is 38.1 Å². The third-order valence-electron chi connectivity index (χ3n) is 3.42. The molecule has 0 aromatic heterocycles. The lowest BCUT2D eigenvalue weighted by atomic mass is 10.1. The lowest BCUT2D eigenvalue weighted by Gasteiger charge is -2.21. The Bertz CT molecular complexity index is 389. The summed E-state index contributed by atoms with van der Waals surface area (Å²) in [6.07, 6.45) is 2.63. The van der Waals surface area contributed by atoms with Crippen molar-refractivity contribution in [2.75, 3.05) is 37.2 Å². The molecule has 1 aromatic rings. The van der Waals surface area contributed by atoms with E-state index in [1.807, 2.05) is 0 Å². The smallest absolute Gasteiger partial charge is 0.125 e. The second-order valence-corrected chi connectivity index (χ2v) is 5.23. The fourth-order valence-electron chi connectivity index (χ4n) is 2.44. The lowest BCUT2D eigenvalue weighted by Crippen LogP contribution is -2.29. The Morgan fingerprint density at radius 1 is 1.39 bits per heavy atom. The van der Waals surface area contributed by atoms with Gasteiger partial charge < -0.3 is 16.0 Å². The number of nitrogen functional groups attached to an aromatic ring is 1. The molecule has 3 N–H and O–H groups in total. The summed E-state index contributed by atoms with van der Waals surface area (Å²) < 4.78 is 13.1. The van der Waals surface area contributed by atoms with Gasteiger partial charge in [0.1, 0.15) is 5.82 Å². The van der Waals surface area contributed by atoms with Crippen LogP contribution in [0.15, 0.2) is 18.2 Å². The van der Waals surface area contributed by atoms with Gasteiger partial charge in [0, 0.05) is 13.1 Å². The Morgan fingerprint density at radius 3 is 2.83 bits per heavy atom. The standard InChI is InChI=1S/C14H22FN3/c1-11(10-18-6-2-3-7-18)9-17-14-8-12(15)4-5-13(14)16/h4-5,8,11,17H,2-3,6-7,9-10,16H2,1H3. The minimum atomic E-state index is -0.251. The summed E-state index contributed by atoms with van der Waals surface area (Å²) in [5.74, 6) is 0.282. The third kappa shape index (κ3) is 3.60. The van der Waals surface area contributed by atoms with Gasteiger partial charge in [-0.1, -0.05) is 6.92 Å². The highest BCUT2D eigenvalue weighted by Crippen LogP contribution is 2.19. The van der Waals surface area contributed by atoms with E-state index in [0.29, 0.717) is 17.3 Å². The summed E-state index contributed by atoms with van der Waals surface area (Å²) in [5, 5.41) is 3.24. The van der Waals surface area contributed by atoms with E-state index in [4.69, 9.17) is 5.73 Å². The maximum Gasteiger partial charge on any atom is 0.125 e. The molecule has 0 spiro atoms. The van der Waals surface area contributed by atoms with Crippen molar-refractivity contribution in [2.24, 2.45) is 5.92 Å². The normalized spacial score (nSPS) is 17.9. The van der Waals surface area contributed by atoms with E-state index in [0.717, 1.165) is 13.1 Å². The Morgan fingerprint density at radius 2 is 2.11 bits per heavy atom. The van der Waals surface area contributed by atoms with Crippen LogP contribution in [-0.2, 0) is 0 Å². The molecule has 1 fully saturated rings. The Hall–Kier alpha value is -1.29. The van der Waals surface area contributed by atoms with Crippen molar-refractivity contribution in [2.45, 2.75) is 19.8 Å². The van der Waals surface area contributed by atoms with Gasteiger partial charge in [-0.15, -0.1) is 0 Å². The monoisotopic (exact) mass is 251 g/mol. The average molecular weight is 251 g/mol. The molecule has 1 aliphatic rings. The van der Waals surface area contributed by atoms with Crippen molar-refractivity contribution in [1.82, 2.24) is 4.90 Å². The second kappa shape index (κ2) is 6.05. The van der Waals surface area contributed by atoms with Crippen LogP contribution in [-0.4, -0.2) is 31.1 Å². The van der Waals surface area contributed by atoms with Crippen molar-refractivity contribution in [3.05, 3.63) is 24.0 Å². The van der Waals surface area contributed by atoms with Crippen LogP contribution in [0.4, 0.5) is 15.8 Å². The molecule has 1 aliphatic heterocycles. The number of anilines is 2. The largest absolute Gasteiger partial charge is 0.397 e. The second-order valence-electron chi connectivity index (χ2n) is 5.23. The third-order valence-corrected chi connectivity index (χ3v) is 3.42. The van der Waals surface area contributed by atoms with Crippen molar-refractivity contribution >= 4 is 11.4 Å². The van der Waals surface area contributed by atoms with Gasteiger partial charge in [0.05, 0.1) is 11.4 Å². The summed E-state index contributed by atoms with van der Waals surface area (Å²) in [7, 11) is 0. The van der Waals surface area contributed by atoms with Crippen LogP contribution in [0.25, 0.3) is 0 Å². The summed E-state index contributed by atoms with van der Waals surface area (Å²) in [5.41, 5.74) is 7.10. The fourth-order valence-corrected chi connectivity index (χ4v) is 2.44. The summed E-state index contributed by atoms with van der Waals surface area (Å²) in [6, 6.07) is 4.44. The predicted molar refractivity (Wildman–Crippen MR) is 74.1 cm³/mol. The van der Waals surface area contributed by atoms with Crippen molar-refractivity contribution < 1.29 is 4.39 Å². The molecule has 18 heavy (non-hydrogen) atoms. The van der Waals surface area contributed by atoms with E-state index >= 15 is 0 Å². The zero-order chi connectivity index (χ0) is 13.0. The molecule has 3 nitrogen and oxygen atoms in total. The molecule has 100 valence electrons. The average Bonchev–Trinajstić information content (AvgIpc) is 2.83. The number of rotatable bonds is 5. The molecular formula is C14H22FN3. The van der Waals surface area contributed by atoms with Crippen LogP contribution in [0, 0.1) is 11.7 Å². The molecule has 1 heterocycles. The van der Waals surface area contributed by atoms with E-state index in [-0.39, 0.29) is 5.82 Å². The number of nitrogens with one attached hydrogen (secondary N) is 1. The topological polar surface area (TPSA) is 41.3 Å². The van der Waals surface area contributed by atoms with E-state index in [2.05, 4.69) is 17.1 Å². The van der Waals surface area contributed by atoms with Gasteiger partial charge in [-0.2, -0.15) is 0 Å². The van der Waals surface area contributed by atoms with E-state index in [1.54, 1.807) is 6.07 Å². The van der Waals surface area contributed by atoms with Gasteiger partial charge in [-0.3, -0.25) is 0 Å².